The van der Waals surface area contributed by atoms with Crippen molar-refractivity contribution in [2.24, 2.45) is 0 Å². The van der Waals surface area contributed by atoms with E-state index in [-0.39, 0.29) is 29.8 Å². The van der Waals surface area contributed by atoms with Gasteiger partial charge in [0.05, 0.1) is 11.4 Å². The molecule has 3 rings (SSSR count). The summed E-state index contributed by atoms with van der Waals surface area (Å²) in [6, 6.07) is 13.3. The van der Waals surface area contributed by atoms with Gasteiger partial charge >= 0.3 is 0 Å². The van der Waals surface area contributed by atoms with Crippen molar-refractivity contribution < 1.29 is 18.0 Å². The molecule has 8 heteroatoms. The molecule has 2 aromatic rings. The lowest BCUT2D eigenvalue weighted by atomic mass is 10.1. The molecule has 1 atom stereocenters. The predicted molar refractivity (Wildman–Crippen MR) is 120 cm³/mol. The number of amides is 2. The van der Waals surface area contributed by atoms with Gasteiger partial charge in [0.25, 0.3) is 0 Å². The average molecular weight is 444 g/mol. The maximum absolute atomic E-state index is 13.1. The molecule has 0 radical (unpaired) electrons. The summed E-state index contributed by atoms with van der Waals surface area (Å²) in [5, 5.41) is 2.85. The Morgan fingerprint density at radius 2 is 1.81 bits per heavy atom. The number of sulfonamides is 1. The number of carbonyl (C=O) groups is 2. The Bertz CT molecular complexity index is 1050. The maximum Gasteiger partial charge on any atom is 0.243 e. The van der Waals surface area contributed by atoms with Gasteiger partial charge in [0.2, 0.25) is 21.8 Å². The summed E-state index contributed by atoms with van der Waals surface area (Å²) >= 11 is 0. The van der Waals surface area contributed by atoms with Gasteiger partial charge in [0.1, 0.15) is 6.04 Å². The summed E-state index contributed by atoms with van der Waals surface area (Å²) in [4.78, 5) is 27.0. The standard InChI is InChI=1S/C23H29N3O4S/c1-4-18-8-5-6-9-20(18)24-22(27)16-25(3)23(28)21-10-7-15-26(21)31(29,30)19-13-11-17(2)12-14-19/h5-6,8-9,11-14,21H,4,7,10,15-16H2,1-3H3,(H,24,27)/t21-/m0/s1. The number of anilines is 1. The highest BCUT2D eigenvalue weighted by molar-refractivity contribution is 7.89. The highest BCUT2D eigenvalue weighted by Crippen LogP contribution is 2.27. The molecule has 2 aromatic carbocycles. The zero-order valence-electron chi connectivity index (χ0n) is 18.2. The zero-order valence-corrected chi connectivity index (χ0v) is 19.0. The third kappa shape index (κ3) is 5.14. The van der Waals surface area contributed by atoms with Crippen LogP contribution >= 0.6 is 0 Å². The minimum atomic E-state index is -3.78. The number of benzene rings is 2. The van der Waals surface area contributed by atoms with E-state index in [9.17, 15) is 18.0 Å². The smallest absolute Gasteiger partial charge is 0.243 e. The third-order valence-electron chi connectivity index (χ3n) is 5.55. The lowest BCUT2D eigenvalue weighted by Gasteiger charge is -2.27. The summed E-state index contributed by atoms with van der Waals surface area (Å²) in [5.74, 6) is -0.685. The van der Waals surface area contributed by atoms with Crippen LogP contribution < -0.4 is 5.32 Å². The Morgan fingerprint density at radius 1 is 1.13 bits per heavy atom. The van der Waals surface area contributed by atoms with Crippen LogP contribution in [0, 0.1) is 6.92 Å². The maximum atomic E-state index is 13.1. The molecule has 2 amide bonds. The van der Waals surface area contributed by atoms with Crippen molar-refractivity contribution >= 4 is 27.5 Å². The van der Waals surface area contributed by atoms with Crippen LogP contribution in [-0.2, 0) is 26.0 Å². The molecule has 0 aromatic heterocycles. The molecule has 0 aliphatic carbocycles. The molecule has 1 N–H and O–H groups in total. The van der Waals surface area contributed by atoms with Gasteiger partial charge in [-0.2, -0.15) is 4.31 Å². The van der Waals surface area contributed by atoms with Crippen LogP contribution in [0.1, 0.15) is 30.9 Å². The van der Waals surface area contributed by atoms with Crippen LogP contribution in [0.3, 0.4) is 0 Å². The molecular weight excluding hydrogens is 414 g/mol. The van der Waals surface area contributed by atoms with Crippen molar-refractivity contribution in [2.45, 2.75) is 44.0 Å². The van der Waals surface area contributed by atoms with E-state index in [1.807, 2.05) is 38.1 Å². The van der Waals surface area contributed by atoms with Gasteiger partial charge < -0.3 is 10.2 Å². The second kappa shape index (κ2) is 9.62. The molecule has 1 fully saturated rings. The van der Waals surface area contributed by atoms with Crippen molar-refractivity contribution in [3.05, 3.63) is 59.7 Å². The van der Waals surface area contributed by atoms with Gasteiger partial charge in [-0.25, -0.2) is 8.42 Å². The van der Waals surface area contributed by atoms with E-state index >= 15 is 0 Å². The second-order valence-electron chi connectivity index (χ2n) is 7.84. The van der Waals surface area contributed by atoms with Crippen molar-refractivity contribution in [1.29, 1.82) is 0 Å². The number of carbonyl (C=O) groups excluding carboxylic acids is 2. The summed E-state index contributed by atoms with van der Waals surface area (Å²) in [7, 11) is -2.25. The third-order valence-corrected chi connectivity index (χ3v) is 7.47. The van der Waals surface area contributed by atoms with Crippen LogP contribution in [0.5, 0.6) is 0 Å². The van der Waals surface area contributed by atoms with E-state index in [0.29, 0.717) is 12.8 Å². The lowest BCUT2D eigenvalue weighted by molar-refractivity contribution is -0.136. The Hall–Kier alpha value is -2.71. The first-order valence-corrected chi connectivity index (χ1v) is 11.9. The number of hydrogen-bond acceptors (Lipinski definition) is 4. The van der Waals surface area contributed by atoms with Crippen molar-refractivity contribution in [3.63, 3.8) is 0 Å². The Labute approximate surface area is 184 Å². The largest absolute Gasteiger partial charge is 0.335 e. The van der Waals surface area contributed by atoms with E-state index in [1.54, 1.807) is 24.3 Å². The first-order valence-electron chi connectivity index (χ1n) is 10.4. The number of hydrogen-bond donors (Lipinski definition) is 1. The van der Waals surface area contributed by atoms with Gasteiger partial charge in [0.15, 0.2) is 0 Å². The van der Waals surface area contributed by atoms with Crippen LogP contribution in [0.4, 0.5) is 5.69 Å². The minimum Gasteiger partial charge on any atom is -0.335 e. The lowest BCUT2D eigenvalue weighted by Crippen LogP contribution is -2.48. The number of aryl methyl sites for hydroxylation is 2. The van der Waals surface area contributed by atoms with E-state index in [0.717, 1.165) is 23.2 Å². The van der Waals surface area contributed by atoms with Crippen LogP contribution in [0.15, 0.2) is 53.4 Å². The van der Waals surface area contributed by atoms with Crippen LogP contribution in [0.2, 0.25) is 0 Å². The van der Waals surface area contributed by atoms with Gasteiger partial charge in [-0.15, -0.1) is 0 Å². The SMILES string of the molecule is CCc1ccccc1NC(=O)CN(C)C(=O)[C@@H]1CCCN1S(=O)(=O)c1ccc(C)cc1. The van der Waals surface area contributed by atoms with Crippen molar-refractivity contribution in [3.8, 4) is 0 Å². The predicted octanol–water partition coefficient (Wildman–Crippen LogP) is 2.81. The molecule has 7 nitrogen and oxygen atoms in total. The Kier molecular flexibility index (Phi) is 7.12. The summed E-state index contributed by atoms with van der Waals surface area (Å²) in [6.07, 6.45) is 1.82. The summed E-state index contributed by atoms with van der Waals surface area (Å²) < 4.78 is 27.5. The van der Waals surface area contributed by atoms with Gasteiger partial charge in [-0.3, -0.25) is 9.59 Å². The fourth-order valence-electron chi connectivity index (χ4n) is 3.81. The van der Waals surface area contributed by atoms with Crippen molar-refractivity contribution in [2.75, 3.05) is 25.5 Å². The zero-order chi connectivity index (χ0) is 22.6. The van der Waals surface area contributed by atoms with E-state index in [2.05, 4.69) is 5.32 Å². The number of para-hydroxylation sites is 1. The van der Waals surface area contributed by atoms with Crippen LogP contribution in [-0.4, -0.2) is 55.6 Å². The van der Waals surface area contributed by atoms with Gasteiger partial charge in [0, 0.05) is 19.3 Å². The fraction of sp³-hybridized carbons (Fsp3) is 0.391. The summed E-state index contributed by atoms with van der Waals surface area (Å²) in [5.41, 5.74) is 2.69. The minimum absolute atomic E-state index is 0.147. The second-order valence-corrected chi connectivity index (χ2v) is 9.73. The molecule has 1 heterocycles. The molecule has 1 saturated heterocycles. The van der Waals surface area contributed by atoms with Crippen molar-refractivity contribution in [1.82, 2.24) is 9.21 Å². The number of nitrogens with one attached hydrogen (secondary N) is 1. The fourth-order valence-corrected chi connectivity index (χ4v) is 5.46. The molecule has 166 valence electrons. The topological polar surface area (TPSA) is 86.8 Å². The number of rotatable bonds is 7. The highest BCUT2D eigenvalue weighted by atomic mass is 32.2. The molecule has 0 saturated carbocycles. The highest BCUT2D eigenvalue weighted by Gasteiger charge is 2.40. The number of likely N-dealkylation sites (N-methyl/N-ethyl adjacent to an activating group) is 1. The molecule has 1 aliphatic heterocycles. The number of nitrogens with zero attached hydrogens (tertiary/aromatic N) is 2. The molecule has 0 spiro atoms. The van der Waals surface area contributed by atoms with E-state index in [4.69, 9.17) is 0 Å². The Morgan fingerprint density at radius 3 is 2.48 bits per heavy atom. The summed E-state index contributed by atoms with van der Waals surface area (Å²) in [6.45, 7) is 4.03. The van der Waals surface area contributed by atoms with E-state index in [1.165, 1.54) is 16.3 Å². The average Bonchev–Trinajstić information content (AvgIpc) is 3.24. The Balaban J connectivity index is 1.69. The first-order chi connectivity index (χ1) is 14.7. The van der Waals surface area contributed by atoms with E-state index < -0.39 is 16.1 Å². The molecule has 0 unspecified atom stereocenters. The molecule has 0 bridgehead atoms. The monoisotopic (exact) mass is 443 g/mol. The van der Waals surface area contributed by atoms with Gasteiger partial charge in [-0.05, 0) is 49.9 Å². The first kappa shape index (κ1) is 23.0. The molecule has 31 heavy (non-hydrogen) atoms. The molecular formula is C23H29N3O4S. The normalized spacial score (nSPS) is 16.8. The quantitative estimate of drug-likeness (QED) is 0.713. The molecule has 1 aliphatic rings. The van der Waals surface area contributed by atoms with Gasteiger partial charge in [-0.1, -0.05) is 42.8 Å². The van der Waals surface area contributed by atoms with Crippen LogP contribution in [0.25, 0.3) is 0 Å².